The van der Waals surface area contributed by atoms with Gasteiger partial charge in [-0.05, 0) is 29.7 Å². The molecule has 3 heteroatoms. The number of phenolic OH excluding ortho intramolecular Hbond substituents is 1. The van der Waals surface area contributed by atoms with Crippen LogP contribution in [0, 0.1) is 6.92 Å². The summed E-state index contributed by atoms with van der Waals surface area (Å²) in [6.07, 6.45) is 3.85. The fraction of sp³-hybridized carbons (Fsp3) is 0.103. The molecular weight excluding hydrogens is 396 g/mol. The normalized spacial score (nSPS) is 10.9. The van der Waals surface area contributed by atoms with Crippen LogP contribution in [0.25, 0.3) is 12.2 Å². The molecule has 0 bridgehead atoms. The molecule has 4 aromatic rings. The average molecular weight is 423 g/mol. The first-order chi connectivity index (χ1) is 15.7. The summed E-state index contributed by atoms with van der Waals surface area (Å²) in [4.78, 5) is 0. The van der Waals surface area contributed by atoms with Gasteiger partial charge in [0.15, 0.2) is 11.5 Å². The van der Waals surface area contributed by atoms with E-state index in [-0.39, 0.29) is 5.75 Å². The molecular formula is C29H26O3. The molecule has 0 radical (unpaired) electrons. The number of benzene rings is 4. The smallest absolute Gasteiger partial charge is 0.168 e. The zero-order chi connectivity index (χ0) is 22.2. The van der Waals surface area contributed by atoms with E-state index in [9.17, 15) is 5.11 Å². The molecule has 4 rings (SSSR count). The molecule has 3 nitrogen and oxygen atoms in total. The first-order valence-corrected chi connectivity index (χ1v) is 10.6. The summed E-state index contributed by atoms with van der Waals surface area (Å²) < 4.78 is 12.2. The summed E-state index contributed by atoms with van der Waals surface area (Å²) in [6.45, 7) is 2.71. The van der Waals surface area contributed by atoms with Crippen molar-refractivity contribution in [2.45, 2.75) is 20.1 Å². The van der Waals surface area contributed by atoms with E-state index in [1.54, 1.807) is 0 Å². The molecule has 4 aromatic carbocycles. The molecule has 0 aliphatic carbocycles. The average Bonchev–Trinajstić information content (AvgIpc) is 2.85. The summed E-state index contributed by atoms with van der Waals surface area (Å²) in [5.74, 6) is 1.23. The summed E-state index contributed by atoms with van der Waals surface area (Å²) in [6, 6.07) is 31.8. The second-order valence-corrected chi connectivity index (χ2v) is 7.56. The molecule has 160 valence electrons. The molecule has 0 atom stereocenters. The number of rotatable bonds is 8. The van der Waals surface area contributed by atoms with E-state index in [1.165, 1.54) is 0 Å². The molecule has 1 N–H and O–H groups in total. The SMILES string of the molecule is Cc1c(OCc2ccccc2)cc(/C=C/c2ccccc2)c(O)c1OCc1ccccc1. The number of hydrogen-bond donors (Lipinski definition) is 1. The topological polar surface area (TPSA) is 38.7 Å². The fourth-order valence-electron chi connectivity index (χ4n) is 3.41. The van der Waals surface area contributed by atoms with Crippen molar-refractivity contribution in [2.75, 3.05) is 0 Å². The van der Waals surface area contributed by atoms with Gasteiger partial charge in [0.2, 0.25) is 0 Å². The molecule has 0 aromatic heterocycles. The molecule has 32 heavy (non-hydrogen) atoms. The van der Waals surface area contributed by atoms with Crippen LogP contribution in [0.2, 0.25) is 0 Å². The summed E-state index contributed by atoms with van der Waals surface area (Å²) >= 11 is 0. The first kappa shape index (κ1) is 21.3. The Bertz CT molecular complexity index is 1170. The van der Waals surface area contributed by atoms with Crippen LogP contribution in [-0.2, 0) is 13.2 Å². The van der Waals surface area contributed by atoms with Gasteiger partial charge in [0.25, 0.3) is 0 Å². The summed E-state index contributed by atoms with van der Waals surface area (Å²) in [7, 11) is 0. The van der Waals surface area contributed by atoms with Crippen LogP contribution in [0.1, 0.15) is 27.8 Å². The van der Waals surface area contributed by atoms with Crippen LogP contribution in [0.4, 0.5) is 0 Å². The third-order valence-electron chi connectivity index (χ3n) is 5.20. The van der Waals surface area contributed by atoms with Crippen LogP contribution in [-0.4, -0.2) is 5.11 Å². The lowest BCUT2D eigenvalue weighted by atomic mass is 10.1. The van der Waals surface area contributed by atoms with Crippen molar-refractivity contribution in [2.24, 2.45) is 0 Å². The summed E-state index contributed by atoms with van der Waals surface area (Å²) in [5.41, 5.74) is 4.57. The lowest BCUT2D eigenvalue weighted by Crippen LogP contribution is -2.02. The second-order valence-electron chi connectivity index (χ2n) is 7.56. The minimum atomic E-state index is 0.109. The maximum absolute atomic E-state index is 11.0. The lowest BCUT2D eigenvalue weighted by molar-refractivity contribution is 0.274. The molecule has 0 saturated heterocycles. The quantitative estimate of drug-likeness (QED) is 0.310. The Morgan fingerprint density at radius 1 is 0.688 bits per heavy atom. The molecule has 0 saturated carbocycles. The van der Waals surface area contributed by atoms with Crippen LogP contribution < -0.4 is 9.47 Å². The Morgan fingerprint density at radius 2 is 1.22 bits per heavy atom. The minimum Gasteiger partial charge on any atom is -0.504 e. The van der Waals surface area contributed by atoms with Crippen LogP contribution in [0.15, 0.2) is 97.1 Å². The maximum atomic E-state index is 11.0. The van der Waals surface area contributed by atoms with Crippen LogP contribution in [0.5, 0.6) is 17.2 Å². The van der Waals surface area contributed by atoms with Crippen molar-refractivity contribution in [1.29, 1.82) is 0 Å². The molecule has 0 heterocycles. The zero-order valence-electron chi connectivity index (χ0n) is 18.1. The van der Waals surface area contributed by atoms with Crippen molar-refractivity contribution >= 4 is 12.2 Å². The van der Waals surface area contributed by atoms with Gasteiger partial charge in [-0.2, -0.15) is 0 Å². The highest BCUT2D eigenvalue weighted by atomic mass is 16.5. The Labute approximate surface area is 189 Å². The van der Waals surface area contributed by atoms with Gasteiger partial charge in [0, 0.05) is 11.1 Å². The Hall–Kier alpha value is -3.98. The highest BCUT2D eigenvalue weighted by Crippen LogP contribution is 2.41. The number of aromatic hydroxyl groups is 1. The van der Waals surface area contributed by atoms with E-state index in [0.717, 1.165) is 22.3 Å². The van der Waals surface area contributed by atoms with Gasteiger partial charge >= 0.3 is 0 Å². The second kappa shape index (κ2) is 10.4. The monoisotopic (exact) mass is 422 g/mol. The van der Waals surface area contributed by atoms with Gasteiger partial charge in [0.05, 0.1) is 0 Å². The molecule has 0 spiro atoms. The highest BCUT2D eigenvalue weighted by molar-refractivity contribution is 5.76. The Kier molecular flexibility index (Phi) is 6.88. The molecule has 0 amide bonds. The van der Waals surface area contributed by atoms with Gasteiger partial charge < -0.3 is 14.6 Å². The fourth-order valence-corrected chi connectivity index (χ4v) is 3.41. The van der Waals surface area contributed by atoms with E-state index < -0.39 is 0 Å². The van der Waals surface area contributed by atoms with Crippen molar-refractivity contribution in [3.05, 3.63) is 125 Å². The van der Waals surface area contributed by atoms with Crippen LogP contribution in [0.3, 0.4) is 0 Å². The Balaban J connectivity index is 1.65. The van der Waals surface area contributed by atoms with Crippen molar-refractivity contribution < 1.29 is 14.6 Å². The Morgan fingerprint density at radius 3 is 1.81 bits per heavy atom. The van der Waals surface area contributed by atoms with Crippen molar-refractivity contribution in [1.82, 2.24) is 0 Å². The van der Waals surface area contributed by atoms with Gasteiger partial charge in [-0.3, -0.25) is 0 Å². The largest absolute Gasteiger partial charge is 0.504 e. The predicted molar refractivity (Wildman–Crippen MR) is 130 cm³/mol. The molecule has 0 aliphatic rings. The lowest BCUT2D eigenvalue weighted by Gasteiger charge is -2.17. The van der Waals surface area contributed by atoms with E-state index in [0.29, 0.717) is 30.3 Å². The highest BCUT2D eigenvalue weighted by Gasteiger charge is 2.17. The van der Waals surface area contributed by atoms with Gasteiger partial charge in [-0.25, -0.2) is 0 Å². The predicted octanol–water partition coefficient (Wildman–Crippen LogP) is 7.03. The minimum absolute atomic E-state index is 0.109. The molecule has 0 fully saturated rings. The van der Waals surface area contributed by atoms with Crippen molar-refractivity contribution in [3.8, 4) is 17.2 Å². The van der Waals surface area contributed by atoms with E-state index >= 15 is 0 Å². The maximum Gasteiger partial charge on any atom is 0.168 e. The van der Waals surface area contributed by atoms with E-state index in [4.69, 9.17) is 9.47 Å². The van der Waals surface area contributed by atoms with Crippen LogP contribution >= 0.6 is 0 Å². The van der Waals surface area contributed by atoms with Gasteiger partial charge in [-0.15, -0.1) is 0 Å². The number of ether oxygens (including phenoxy) is 2. The molecule has 0 unspecified atom stereocenters. The van der Waals surface area contributed by atoms with E-state index in [2.05, 4.69) is 0 Å². The van der Waals surface area contributed by atoms with Crippen molar-refractivity contribution in [3.63, 3.8) is 0 Å². The standard InChI is InChI=1S/C29H26O3/c1-22-27(31-20-24-13-7-3-8-14-24)19-26(18-17-23-11-5-2-6-12-23)28(30)29(22)32-21-25-15-9-4-10-16-25/h2-19,30H,20-21H2,1H3/b18-17+. The number of hydrogen-bond acceptors (Lipinski definition) is 3. The number of phenols is 1. The van der Waals surface area contributed by atoms with Gasteiger partial charge in [0.1, 0.15) is 19.0 Å². The third-order valence-corrected chi connectivity index (χ3v) is 5.20. The molecule has 0 aliphatic heterocycles. The van der Waals surface area contributed by atoms with Gasteiger partial charge in [-0.1, -0.05) is 103 Å². The van der Waals surface area contributed by atoms with E-state index in [1.807, 2.05) is 116 Å². The summed E-state index contributed by atoms with van der Waals surface area (Å²) in [5, 5.41) is 11.0. The first-order valence-electron chi connectivity index (χ1n) is 10.6. The third kappa shape index (κ3) is 5.38. The zero-order valence-corrected chi connectivity index (χ0v) is 18.1.